The number of hydrogen-bond donors (Lipinski definition) is 4. The van der Waals surface area contributed by atoms with Crippen LogP contribution in [0.25, 0.3) is 0 Å². The maximum atomic E-state index is 14.1. The number of ether oxygens (including phenoxy) is 1. The first-order chi connectivity index (χ1) is 16.4. The summed E-state index contributed by atoms with van der Waals surface area (Å²) < 4.78 is 6.50. The smallest absolute Gasteiger partial charge is 0.168 e. The molecule has 204 valence electrons. The number of aliphatic hydroxyl groups excluding tert-OH is 3. The minimum absolute atomic E-state index is 0.0792. The number of aliphatic hydroxyl groups is 4. The number of ketones is 1. The number of rotatable bonds is 2. The van der Waals surface area contributed by atoms with Gasteiger partial charge in [-0.1, -0.05) is 27.7 Å². The van der Waals surface area contributed by atoms with Gasteiger partial charge in [-0.3, -0.25) is 4.79 Å². The molecule has 0 amide bonds. The number of carbonyl (C=O) groups is 1. The van der Waals surface area contributed by atoms with Crippen LogP contribution in [-0.4, -0.2) is 61.8 Å². The van der Waals surface area contributed by atoms with E-state index in [0.29, 0.717) is 25.2 Å². The first kappa shape index (κ1) is 25.7. The molecule has 0 radical (unpaired) electrons. The van der Waals surface area contributed by atoms with Crippen LogP contribution in [0.2, 0.25) is 0 Å². The third-order valence-corrected chi connectivity index (χ3v) is 13.8. The summed E-state index contributed by atoms with van der Waals surface area (Å²) >= 11 is 0. The van der Waals surface area contributed by atoms with Crippen molar-refractivity contribution in [3.05, 3.63) is 0 Å². The lowest BCUT2D eigenvalue weighted by Crippen LogP contribution is -2.65. The molecule has 5 aliphatic carbocycles. The van der Waals surface area contributed by atoms with E-state index < -0.39 is 40.2 Å². The van der Waals surface area contributed by atoms with Gasteiger partial charge in [0.15, 0.2) is 5.78 Å². The summed E-state index contributed by atoms with van der Waals surface area (Å²) in [6.45, 7) is 14.0. The quantitative estimate of drug-likeness (QED) is 0.458. The largest absolute Gasteiger partial charge is 0.393 e. The van der Waals surface area contributed by atoms with Crippen LogP contribution in [0.1, 0.15) is 99.8 Å². The molecule has 0 aromatic heterocycles. The molecular formula is C30H48O6. The molecule has 6 aliphatic rings. The van der Waals surface area contributed by atoms with Crippen LogP contribution in [0, 0.1) is 44.8 Å². The molecule has 5 saturated carbocycles. The van der Waals surface area contributed by atoms with E-state index in [0.717, 1.165) is 32.1 Å². The van der Waals surface area contributed by atoms with E-state index in [2.05, 4.69) is 20.8 Å². The van der Waals surface area contributed by atoms with E-state index in [-0.39, 0.29) is 40.2 Å². The molecular weight excluding hydrogens is 456 g/mol. The Kier molecular flexibility index (Phi) is 4.98. The highest BCUT2D eigenvalue weighted by Gasteiger charge is 2.86. The van der Waals surface area contributed by atoms with Crippen molar-refractivity contribution in [1.82, 2.24) is 0 Å². The van der Waals surface area contributed by atoms with E-state index in [1.54, 1.807) is 13.8 Å². The molecule has 6 rings (SSSR count). The van der Waals surface area contributed by atoms with Crippen LogP contribution < -0.4 is 0 Å². The average molecular weight is 505 g/mol. The predicted octanol–water partition coefficient (Wildman–Crippen LogP) is 3.62. The monoisotopic (exact) mass is 504 g/mol. The molecule has 2 spiro atoms. The Morgan fingerprint density at radius 1 is 0.833 bits per heavy atom. The van der Waals surface area contributed by atoms with Crippen molar-refractivity contribution in [2.75, 3.05) is 0 Å². The maximum Gasteiger partial charge on any atom is 0.168 e. The van der Waals surface area contributed by atoms with Crippen LogP contribution in [-0.2, 0) is 9.53 Å². The van der Waals surface area contributed by atoms with Crippen LogP contribution in [0.4, 0.5) is 0 Å². The highest BCUT2D eigenvalue weighted by molar-refractivity contribution is 5.91. The van der Waals surface area contributed by atoms with Gasteiger partial charge in [0.2, 0.25) is 0 Å². The van der Waals surface area contributed by atoms with Crippen molar-refractivity contribution in [3.63, 3.8) is 0 Å². The van der Waals surface area contributed by atoms with E-state index in [1.807, 2.05) is 13.8 Å². The topological polar surface area (TPSA) is 107 Å². The second kappa shape index (κ2) is 6.96. The summed E-state index contributed by atoms with van der Waals surface area (Å²) in [6.07, 6.45) is 4.10. The van der Waals surface area contributed by atoms with Gasteiger partial charge in [-0.05, 0) is 100 Å². The first-order valence-electron chi connectivity index (χ1n) is 14.4. The lowest BCUT2D eigenvalue weighted by Gasteiger charge is -2.64. The Bertz CT molecular complexity index is 986. The number of fused-ring (bicyclic) bond motifs is 2. The van der Waals surface area contributed by atoms with Crippen molar-refractivity contribution in [3.8, 4) is 0 Å². The van der Waals surface area contributed by atoms with Gasteiger partial charge in [0.25, 0.3) is 0 Å². The summed E-state index contributed by atoms with van der Waals surface area (Å²) in [6, 6.07) is 0. The fourth-order valence-corrected chi connectivity index (χ4v) is 11.8. The van der Waals surface area contributed by atoms with Gasteiger partial charge in [0.1, 0.15) is 6.10 Å². The van der Waals surface area contributed by atoms with Crippen molar-refractivity contribution < 1.29 is 30.0 Å². The second-order valence-electron chi connectivity index (χ2n) is 15.7. The molecule has 36 heavy (non-hydrogen) atoms. The number of hydrogen-bond acceptors (Lipinski definition) is 6. The molecule has 0 aromatic carbocycles. The zero-order valence-corrected chi connectivity index (χ0v) is 23.3. The summed E-state index contributed by atoms with van der Waals surface area (Å²) in [4.78, 5) is 14.1. The Hall–Kier alpha value is -0.530. The minimum Gasteiger partial charge on any atom is -0.393 e. The number of Topliss-reactive ketones (excluding diaryl/α,β-unsaturated/α-hetero) is 1. The average Bonchev–Trinajstić information content (AvgIpc) is 3.18. The second-order valence-corrected chi connectivity index (χ2v) is 15.7. The molecule has 6 heteroatoms. The molecule has 12 atom stereocenters. The summed E-state index contributed by atoms with van der Waals surface area (Å²) in [7, 11) is 0. The lowest BCUT2D eigenvalue weighted by atomic mass is 9.40. The third-order valence-electron chi connectivity index (χ3n) is 13.8. The molecule has 1 heterocycles. The minimum atomic E-state index is -1.14. The molecule has 0 aromatic rings. The standard InChI is InChI=1S/C30H48O6/c1-24(2)16-8-9-17-27(6)23(34)21(33)22(26(5)12-11-20(36-26)25(3,4)35)28(27,7)19(32)14-30(17)15-29(16,30)13-10-18(24)31/h16-20,22-23,31-32,34-35H,8-15H2,1-7H3/t16-,17-,18-,19-,20+,22+,23-,26-,27+,28+,29+,30-/m0/s1. The summed E-state index contributed by atoms with van der Waals surface area (Å²) in [5, 5.41) is 45.4. The van der Waals surface area contributed by atoms with Gasteiger partial charge in [-0.2, -0.15) is 0 Å². The van der Waals surface area contributed by atoms with Gasteiger partial charge in [-0.15, -0.1) is 0 Å². The SMILES string of the molecule is CC(C)(O)[C@H]1CC[C@@](C)([C@H]2C(=O)[C@H](O)[C@@]3(C)[C@@H]4CC[C@H]5C(C)(C)[C@@H](O)CC[C@@]56C[C@@]46C[C@H](O)[C@]23C)O1. The van der Waals surface area contributed by atoms with E-state index in [1.165, 1.54) is 0 Å². The molecule has 0 unspecified atom stereocenters. The normalized spacial score (nSPS) is 59.6. The van der Waals surface area contributed by atoms with E-state index in [9.17, 15) is 25.2 Å². The van der Waals surface area contributed by atoms with E-state index >= 15 is 0 Å². The van der Waals surface area contributed by atoms with Gasteiger partial charge in [-0.25, -0.2) is 0 Å². The summed E-state index contributed by atoms with van der Waals surface area (Å²) in [5.41, 5.74) is -3.58. The van der Waals surface area contributed by atoms with Gasteiger partial charge in [0.05, 0.1) is 35.4 Å². The van der Waals surface area contributed by atoms with Crippen LogP contribution in [0.15, 0.2) is 0 Å². The Morgan fingerprint density at radius 2 is 1.47 bits per heavy atom. The zero-order chi connectivity index (χ0) is 26.5. The Morgan fingerprint density at radius 3 is 2.08 bits per heavy atom. The van der Waals surface area contributed by atoms with Gasteiger partial charge >= 0.3 is 0 Å². The van der Waals surface area contributed by atoms with Crippen molar-refractivity contribution in [2.45, 2.75) is 135 Å². The van der Waals surface area contributed by atoms with E-state index in [4.69, 9.17) is 4.74 Å². The lowest BCUT2D eigenvalue weighted by molar-refractivity contribution is -0.238. The van der Waals surface area contributed by atoms with Crippen LogP contribution >= 0.6 is 0 Å². The number of carbonyl (C=O) groups excluding carboxylic acids is 1. The Labute approximate surface area is 216 Å². The highest BCUT2D eigenvalue weighted by Crippen LogP contribution is 2.89. The third kappa shape index (κ3) is 2.60. The highest BCUT2D eigenvalue weighted by atomic mass is 16.5. The molecule has 1 saturated heterocycles. The zero-order valence-electron chi connectivity index (χ0n) is 23.3. The van der Waals surface area contributed by atoms with Gasteiger partial charge < -0.3 is 25.2 Å². The maximum absolute atomic E-state index is 14.1. The van der Waals surface area contributed by atoms with Crippen molar-refractivity contribution in [1.29, 1.82) is 0 Å². The fraction of sp³-hybridized carbons (Fsp3) is 0.967. The molecule has 0 bridgehead atoms. The molecule has 6 nitrogen and oxygen atoms in total. The molecule has 1 aliphatic heterocycles. The Balaban J connectivity index is 1.42. The van der Waals surface area contributed by atoms with Crippen LogP contribution in [0.5, 0.6) is 0 Å². The first-order valence-corrected chi connectivity index (χ1v) is 14.4. The molecule has 6 fully saturated rings. The molecule has 4 N–H and O–H groups in total. The van der Waals surface area contributed by atoms with Crippen molar-refractivity contribution >= 4 is 5.78 Å². The fourth-order valence-electron chi connectivity index (χ4n) is 11.8. The van der Waals surface area contributed by atoms with Gasteiger partial charge in [0, 0.05) is 10.8 Å². The summed E-state index contributed by atoms with van der Waals surface area (Å²) in [5.74, 6) is -0.258. The predicted molar refractivity (Wildman–Crippen MR) is 135 cm³/mol. The van der Waals surface area contributed by atoms with Crippen molar-refractivity contribution in [2.24, 2.45) is 44.8 Å². The van der Waals surface area contributed by atoms with Crippen LogP contribution in [0.3, 0.4) is 0 Å².